The maximum Gasteiger partial charge on any atom is 0.115 e. The van der Waals surface area contributed by atoms with Crippen LogP contribution in [0.5, 0.6) is 0 Å². The molecule has 0 bridgehead atoms. The van der Waals surface area contributed by atoms with Gasteiger partial charge in [-0.15, -0.1) is 0 Å². The first-order valence-electron chi connectivity index (χ1n) is 7.74. The van der Waals surface area contributed by atoms with Crippen LogP contribution in [0.25, 0.3) is 10.9 Å². The van der Waals surface area contributed by atoms with Crippen molar-refractivity contribution in [3.8, 4) is 0 Å². The van der Waals surface area contributed by atoms with Gasteiger partial charge in [0.1, 0.15) is 6.33 Å². The van der Waals surface area contributed by atoms with Crippen LogP contribution in [0.3, 0.4) is 0 Å². The molecule has 0 spiro atoms. The van der Waals surface area contributed by atoms with Crippen molar-refractivity contribution >= 4 is 10.9 Å². The molecular formula is C18H18N4. The normalized spacial score (nSPS) is 18.8. The lowest BCUT2D eigenvalue weighted by molar-refractivity contribution is 0.244. The van der Waals surface area contributed by atoms with E-state index in [0.717, 1.165) is 24.3 Å². The van der Waals surface area contributed by atoms with Crippen LogP contribution in [0.1, 0.15) is 30.1 Å². The molecule has 1 aliphatic rings. The Bertz CT molecular complexity index is 772. The Morgan fingerprint density at radius 2 is 2.09 bits per heavy atom. The number of rotatable bonds is 3. The molecular weight excluding hydrogens is 272 g/mol. The zero-order valence-electron chi connectivity index (χ0n) is 12.4. The molecule has 4 nitrogen and oxygen atoms in total. The second-order valence-corrected chi connectivity index (χ2v) is 5.79. The Balaban J connectivity index is 1.58. The number of pyridine rings is 1. The lowest BCUT2D eigenvalue weighted by Crippen LogP contribution is -2.23. The molecule has 1 aliphatic heterocycles. The minimum absolute atomic E-state index is 0.410. The summed E-state index contributed by atoms with van der Waals surface area (Å²) in [4.78, 5) is 15.4. The largest absolute Gasteiger partial charge is 0.291 e. The van der Waals surface area contributed by atoms with E-state index in [4.69, 9.17) is 0 Å². The Labute approximate surface area is 129 Å². The first kappa shape index (κ1) is 13.3. The number of benzene rings is 1. The Hall–Kier alpha value is -2.33. The van der Waals surface area contributed by atoms with Crippen LogP contribution in [-0.4, -0.2) is 26.4 Å². The van der Waals surface area contributed by atoms with Gasteiger partial charge in [-0.2, -0.15) is 0 Å². The van der Waals surface area contributed by atoms with Gasteiger partial charge in [0.05, 0.1) is 17.3 Å². The van der Waals surface area contributed by atoms with Crippen LogP contribution >= 0.6 is 0 Å². The molecule has 0 amide bonds. The van der Waals surface area contributed by atoms with Gasteiger partial charge in [-0.3, -0.25) is 9.88 Å². The van der Waals surface area contributed by atoms with Crippen LogP contribution < -0.4 is 0 Å². The number of likely N-dealkylation sites (tertiary alicyclic amines) is 1. The molecule has 1 aromatic carbocycles. The van der Waals surface area contributed by atoms with Crippen LogP contribution in [0, 0.1) is 0 Å². The molecule has 22 heavy (non-hydrogen) atoms. The van der Waals surface area contributed by atoms with E-state index in [1.165, 1.54) is 23.8 Å². The van der Waals surface area contributed by atoms with Crippen molar-refractivity contribution < 1.29 is 0 Å². The number of nitrogens with zero attached hydrogens (tertiary/aromatic N) is 4. The average molecular weight is 290 g/mol. The van der Waals surface area contributed by atoms with E-state index in [9.17, 15) is 0 Å². The SMILES string of the molecule is c1cnc2ccc(CN3CCCC3c3ccncn3)cc2c1. The summed E-state index contributed by atoms with van der Waals surface area (Å²) in [6.45, 7) is 2.08. The summed E-state index contributed by atoms with van der Waals surface area (Å²) < 4.78 is 0. The van der Waals surface area contributed by atoms with Crippen LogP contribution in [-0.2, 0) is 6.54 Å². The highest BCUT2D eigenvalue weighted by molar-refractivity contribution is 5.78. The second-order valence-electron chi connectivity index (χ2n) is 5.79. The molecule has 4 heteroatoms. The molecule has 1 saturated heterocycles. The zero-order valence-corrected chi connectivity index (χ0v) is 12.4. The third-order valence-corrected chi connectivity index (χ3v) is 4.36. The van der Waals surface area contributed by atoms with Crippen molar-refractivity contribution in [1.82, 2.24) is 19.9 Å². The van der Waals surface area contributed by atoms with Gasteiger partial charge < -0.3 is 0 Å². The van der Waals surface area contributed by atoms with E-state index >= 15 is 0 Å². The van der Waals surface area contributed by atoms with Crippen molar-refractivity contribution in [2.45, 2.75) is 25.4 Å². The molecule has 0 N–H and O–H groups in total. The quantitative estimate of drug-likeness (QED) is 0.741. The van der Waals surface area contributed by atoms with Crippen molar-refractivity contribution in [2.75, 3.05) is 6.54 Å². The van der Waals surface area contributed by atoms with Crippen LogP contribution in [0.2, 0.25) is 0 Å². The fourth-order valence-electron chi connectivity index (χ4n) is 3.31. The highest BCUT2D eigenvalue weighted by atomic mass is 15.2. The molecule has 3 aromatic rings. The first-order valence-corrected chi connectivity index (χ1v) is 7.74. The molecule has 0 saturated carbocycles. The maximum atomic E-state index is 4.44. The summed E-state index contributed by atoms with van der Waals surface area (Å²) in [5.41, 5.74) is 3.52. The van der Waals surface area contributed by atoms with Crippen molar-refractivity contribution in [3.63, 3.8) is 0 Å². The van der Waals surface area contributed by atoms with E-state index in [1.54, 1.807) is 6.33 Å². The van der Waals surface area contributed by atoms with Gasteiger partial charge in [0, 0.05) is 24.3 Å². The molecule has 1 atom stereocenters. The fraction of sp³-hybridized carbons (Fsp3) is 0.278. The highest BCUT2D eigenvalue weighted by Gasteiger charge is 2.26. The van der Waals surface area contributed by atoms with E-state index in [-0.39, 0.29) is 0 Å². The molecule has 1 fully saturated rings. The summed E-state index contributed by atoms with van der Waals surface area (Å²) in [6, 6.07) is 13.1. The monoisotopic (exact) mass is 290 g/mol. The zero-order chi connectivity index (χ0) is 14.8. The van der Waals surface area contributed by atoms with Crippen molar-refractivity contribution in [2.24, 2.45) is 0 Å². The minimum atomic E-state index is 0.410. The van der Waals surface area contributed by atoms with Gasteiger partial charge in [-0.05, 0) is 49.2 Å². The van der Waals surface area contributed by atoms with Gasteiger partial charge in [0.2, 0.25) is 0 Å². The lowest BCUT2D eigenvalue weighted by atomic mass is 10.1. The second kappa shape index (κ2) is 5.81. The molecule has 0 radical (unpaired) electrons. The predicted molar refractivity (Wildman–Crippen MR) is 86.2 cm³/mol. The lowest BCUT2D eigenvalue weighted by Gasteiger charge is -2.24. The smallest absolute Gasteiger partial charge is 0.115 e. The topological polar surface area (TPSA) is 41.9 Å². The molecule has 3 heterocycles. The van der Waals surface area contributed by atoms with Gasteiger partial charge >= 0.3 is 0 Å². The van der Waals surface area contributed by atoms with Gasteiger partial charge in [-0.1, -0.05) is 12.1 Å². The van der Waals surface area contributed by atoms with E-state index in [2.05, 4.69) is 44.1 Å². The Kier molecular flexibility index (Phi) is 3.52. The molecule has 0 aliphatic carbocycles. The van der Waals surface area contributed by atoms with Crippen LogP contribution in [0.4, 0.5) is 0 Å². The molecule has 1 unspecified atom stereocenters. The Morgan fingerprint density at radius 3 is 3.00 bits per heavy atom. The highest BCUT2D eigenvalue weighted by Crippen LogP contribution is 2.32. The third kappa shape index (κ3) is 2.57. The van der Waals surface area contributed by atoms with Gasteiger partial charge in [0.25, 0.3) is 0 Å². The molecule has 4 rings (SSSR count). The molecule has 110 valence electrons. The van der Waals surface area contributed by atoms with E-state index in [1.807, 2.05) is 24.5 Å². The summed E-state index contributed by atoms with van der Waals surface area (Å²) in [5.74, 6) is 0. The van der Waals surface area contributed by atoms with E-state index < -0.39 is 0 Å². The number of fused-ring (bicyclic) bond motifs is 1. The maximum absolute atomic E-state index is 4.44. The fourth-order valence-corrected chi connectivity index (χ4v) is 3.31. The standard InChI is InChI=1S/C18H18N4/c1-3-15-11-14(5-6-16(15)20-8-1)12-22-10-2-4-18(22)17-7-9-19-13-21-17/h1,3,5-9,11,13,18H,2,4,10,12H2. The van der Waals surface area contributed by atoms with Gasteiger partial charge in [-0.25, -0.2) is 9.97 Å². The average Bonchev–Trinajstić information content (AvgIpc) is 3.04. The predicted octanol–water partition coefficient (Wildman–Crippen LogP) is 3.36. The summed E-state index contributed by atoms with van der Waals surface area (Å²) in [7, 11) is 0. The van der Waals surface area contributed by atoms with Crippen molar-refractivity contribution in [1.29, 1.82) is 0 Å². The molecule has 2 aromatic heterocycles. The van der Waals surface area contributed by atoms with Crippen molar-refractivity contribution in [3.05, 3.63) is 66.4 Å². The van der Waals surface area contributed by atoms with E-state index in [0.29, 0.717) is 6.04 Å². The minimum Gasteiger partial charge on any atom is -0.291 e. The van der Waals surface area contributed by atoms with Gasteiger partial charge in [0.15, 0.2) is 0 Å². The number of aromatic nitrogens is 3. The summed E-state index contributed by atoms with van der Waals surface area (Å²) >= 11 is 0. The summed E-state index contributed by atoms with van der Waals surface area (Å²) in [5, 5.41) is 1.21. The Morgan fingerprint density at radius 1 is 1.09 bits per heavy atom. The number of hydrogen-bond acceptors (Lipinski definition) is 4. The number of hydrogen-bond donors (Lipinski definition) is 0. The summed E-state index contributed by atoms with van der Waals surface area (Å²) in [6.07, 6.45) is 7.72. The van der Waals surface area contributed by atoms with Crippen LogP contribution in [0.15, 0.2) is 55.1 Å². The first-order chi connectivity index (χ1) is 10.9. The third-order valence-electron chi connectivity index (χ3n) is 4.36.